The molecule has 0 saturated carbocycles. The standard InChI is InChI=1S/C19H17NO5/c1-20-14-2-10-3-15-18(25-9-22-15)6-13(10)19(20,21)7-11-4-16-17(5-12(11)14)24-8-23-16/h3-6,14,21H,2,7-9H2,1H3. The van der Waals surface area contributed by atoms with Crippen LogP contribution in [0.15, 0.2) is 24.3 Å². The van der Waals surface area contributed by atoms with Gasteiger partial charge in [0.25, 0.3) is 0 Å². The second-order valence-corrected chi connectivity index (χ2v) is 7.09. The third kappa shape index (κ3) is 1.66. The van der Waals surface area contributed by atoms with E-state index in [4.69, 9.17) is 18.9 Å². The molecule has 0 amide bonds. The predicted octanol–water partition coefficient (Wildman–Crippen LogP) is 2.07. The summed E-state index contributed by atoms with van der Waals surface area (Å²) in [5, 5.41) is 11.6. The number of hydrogen-bond acceptors (Lipinski definition) is 6. The zero-order valence-corrected chi connectivity index (χ0v) is 13.7. The predicted molar refractivity (Wildman–Crippen MR) is 86.9 cm³/mol. The van der Waals surface area contributed by atoms with Crippen LogP contribution in [0.3, 0.4) is 0 Å². The molecule has 2 atom stereocenters. The van der Waals surface area contributed by atoms with E-state index in [9.17, 15) is 5.11 Å². The molecule has 2 bridgehead atoms. The monoisotopic (exact) mass is 339 g/mol. The summed E-state index contributed by atoms with van der Waals surface area (Å²) in [7, 11) is 1.98. The molecule has 2 aromatic rings. The first-order valence-corrected chi connectivity index (χ1v) is 8.44. The third-order valence-corrected chi connectivity index (χ3v) is 5.92. The van der Waals surface area contributed by atoms with Gasteiger partial charge in [0, 0.05) is 18.0 Å². The van der Waals surface area contributed by atoms with Crippen LogP contribution in [0.5, 0.6) is 23.0 Å². The van der Waals surface area contributed by atoms with E-state index in [1.54, 1.807) is 0 Å². The van der Waals surface area contributed by atoms with Crippen LogP contribution in [0.2, 0.25) is 0 Å². The van der Waals surface area contributed by atoms with Gasteiger partial charge in [-0.25, -0.2) is 0 Å². The highest BCUT2D eigenvalue weighted by Gasteiger charge is 2.49. The zero-order chi connectivity index (χ0) is 16.8. The number of nitrogens with zero attached hydrogens (tertiary/aromatic N) is 1. The fourth-order valence-corrected chi connectivity index (χ4v) is 4.59. The minimum absolute atomic E-state index is 0.0797. The fraction of sp³-hybridized carbons (Fsp3) is 0.368. The van der Waals surface area contributed by atoms with Crippen molar-refractivity contribution in [3.63, 3.8) is 0 Å². The van der Waals surface area contributed by atoms with Gasteiger partial charge in [0.15, 0.2) is 23.0 Å². The molecule has 4 heterocycles. The van der Waals surface area contributed by atoms with Crippen molar-refractivity contribution in [3.8, 4) is 23.0 Å². The lowest BCUT2D eigenvalue weighted by Crippen LogP contribution is -2.54. The van der Waals surface area contributed by atoms with Gasteiger partial charge in [-0.1, -0.05) is 0 Å². The second-order valence-electron chi connectivity index (χ2n) is 7.09. The largest absolute Gasteiger partial charge is 0.454 e. The molecule has 0 saturated heterocycles. The number of likely N-dealkylation sites (N-methyl/N-ethyl adjacent to an activating group) is 1. The summed E-state index contributed by atoms with van der Waals surface area (Å²) in [5.41, 5.74) is 3.25. The molecule has 6 nitrogen and oxygen atoms in total. The van der Waals surface area contributed by atoms with Crippen LogP contribution in [0.4, 0.5) is 0 Å². The minimum Gasteiger partial charge on any atom is -0.454 e. The fourth-order valence-electron chi connectivity index (χ4n) is 4.59. The van der Waals surface area contributed by atoms with Crippen molar-refractivity contribution in [2.24, 2.45) is 0 Å². The van der Waals surface area contributed by atoms with Crippen molar-refractivity contribution in [1.82, 2.24) is 4.90 Å². The molecule has 128 valence electrons. The van der Waals surface area contributed by atoms with E-state index in [-0.39, 0.29) is 19.6 Å². The molecule has 0 radical (unpaired) electrons. The first-order valence-electron chi connectivity index (χ1n) is 8.44. The Morgan fingerprint density at radius 1 is 0.920 bits per heavy atom. The lowest BCUT2D eigenvalue weighted by Gasteiger charge is -2.51. The van der Waals surface area contributed by atoms with Crippen LogP contribution < -0.4 is 18.9 Å². The molecule has 4 aliphatic rings. The number of benzene rings is 2. The molecular formula is C19H17NO5. The molecule has 0 aliphatic carbocycles. The Bertz CT molecular complexity index is 927. The van der Waals surface area contributed by atoms with Crippen LogP contribution >= 0.6 is 0 Å². The number of rotatable bonds is 0. The molecule has 2 unspecified atom stereocenters. The summed E-state index contributed by atoms with van der Waals surface area (Å²) in [4.78, 5) is 2.06. The summed E-state index contributed by atoms with van der Waals surface area (Å²) in [6.07, 6.45) is 1.30. The molecule has 0 aromatic heterocycles. The van der Waals surface area contributed by atoms with E-state index < -0.39 is 5.72 Å². The highest BCUT2D eigenvalue weighted by molar-refractivity contribution is 5.57. The Balaban J connectivity index is 1.55. The average Bonchev–Trinajstić information content (AvgIpc) is 3.23. The topological polar surface area (TPSA) is 60.4 Å². The molecule has 2 aromatic carbocycles. The lowest BCUT2D eigenvalue weighted by atomic mass is 9.74. The number of ether oxygens (including phenoxy) is 4. The zero-order valence-electron chi connectivity index (χ0n) is 13.7. The normalized spacial score (nSPS) is 27.8. The van der Waals surface area contributed by atoms with Crippen molar-refractivity contribution in [2.75, 3.05) is 20.6 Å². The van der Waals surface area contributed by atoms with E-state index in [0.717, 1.165) is 40.4 Å². The first kappa shape index (κ1) is 13.8. The van der Waals surface area contributed by atoms with E-state index in [0.29, 0.717) is 12.2 Å². The summed E-state index contributed by atoms with van der Waals surface area (Å²) in [6, 6.07) is 8.11. The molecule has 0 fully saturated rings. The van der Waals surface area contributed by atoms with Crippen LogP contribution in [0, 0.1) is 0 Å². The van der Waals surface area contributed by atoms with E-state index in [1.165, 1.54) is 5.56 Å². The second kappa shape index (κ2) is 4.39. The Kier molecular flexibility index (Phi) is 2.42. The Labute approximate surface area is 144 Å². The van der Waals surface area contributed by atoms with Gasteiger partial charge < -0.3 is 24.1 Å². The van der Waals surface area contributed by atoms with Gasteiger partial charge in [-0.2, -0.15) is 0 Å². The van der Waals surface area contributed by atoms with Crippen molar-refractivity contribution < 1.29 is 24.1 Å². The van der Waals surface area contributed by atoms with E-state index in [2.05, 4.69) is 11.0 Å². The number of fused-ring (bicyclic) bond motifs is 8. The van der Waals surface area contributed by atoms with Gasteiger partial charge >= 0.3 is 0 Å². The molecule has 6 rings (SSSR count). The van der Waals surface area contributed by atoms with Gasteiger partial charge in [-0.3, -0.25) is 4.90 Å². The van der Waals surface area contributed by atoms with E-state index >= 15 is 0 Å². The Morgan fingerprint density at radius 3 is 2.24 bits per heavy atom. The van der Waals surface area contributed by atoms with Gasteiger partial charge in [-0.05, 0) is 54.4 Å². The minimum atomic E-state index is -1.07. The van der Waals surface area contributed by atoms with Crippen molar-refractivity contribution in [2.45, 2.75) is 24.6 Å². The summed E-state index contributed by atoms with van der Waals surface area (Å²) in [6.45, 7) is 0.488. The maximum Gasteiger partial charge on any atom is 0.231 e. The summed E-state index contributed by atoms with van der Waals surface area (Å²) < 4.78 is 22.1. The van der Waals surface area contributed by atoms with E-state index in [1.807, 2.05) is 25.2 Å². The molecular weight excluding hydrogens is 322 g/mol. The Hall–Kier alpha value is -2.44. The van der Waals surface area contributed by atoms with Crippen molar-refractivity contribution in [1.29, 1.82) is 0 Å². The number of aliphatic hydroxyl groups is 1. The van der Waals surface area contributed by atoms with Crippen LogP contribution in [-0.4, -0.2) is 30.6 Å². The van der Waals surface area contributed by atoms with Gasteiger partial charge in [0.05, 0.1) is 0 Å². The van der Waals surface area contributed by atoms with Gasteiger partial charge in [-0.15, -0.1) is 0 Å². The maximum absolute atomic E-state index is 11.6. The highest BCUT2D eigenvalue weighted by atomic mass is 16.7. The van der Waals surface area contributed by atoms with Crippen LogP contribution in [0.25, 0.3) is 0 Å². The smallest absolute Gasteiger partial charge is 0.231 e. The van der Waals surface area contributed by atoms with Crippen molar-refractivity contribution >= 4 is 0 Å². The molecule has 6 heteroatoms. The average molecular weight is 339 g/mol. The van der Waals surface area contributed by atoms with Gasteiger partial charge in [0.1, 0.15) is 5.72 Å². The quantitative estimate of drug-likeness (QED) is 0.793. The maximum atomic E-state index is 11.6. The molecule has 1 N–H and O–H groups in total. The Morgan fingerprint density at radius 2 is 1.52 bits per heavy atom. The highest BCUT2D eigenvalue weighted by Crippen LogP contribution is 2.53. The third-order valence-electron chi connectivity index (χ3n) is 5.92. The SMILES string of the molecule is CN1C2Cc3cc4c(cc3C1(O)Cc1cc3c(cc12)OCO3)OCO4. The first-order chi connectivity index (χ1) is 12.1. The molecule has 4 aliphatic heterocycles. The molecule has 25 heavy (non-hydrogen) atoms. The number of hydrogen-bond donors (Lipinski definition) is 1. The van der Waals surface area contributed by atoms with Gasteiger partial charge in [0.2, 0.25) is 13.6 Å². The van der Waals surface area contributed by atoms with Crippen LogP contribution in [-0.2, 0) is 18.6 Å². The van der Waals surface area contributed by atoms with Crippen molar-refractivity contribution in [3.05, 3.63) is 46.5 Å². The summed E-state index contributed by atoms with van der Waals surface area (Å²) >= 11 is 0. The summed E-state index contributed by atoms with van der Waals surface area (Å²) in [5.74, 6) is 3.01. The lowest BCUT2D eigenvalue weighted by molar-refractivity contribution is -0.141. The van der Waals surface area contributed by atoms with Crippen LogP contribution in [0.1, 0.15) is 28.3 Å². The molecule has 0 spiro atoms.